The van der Waals surface area contributed by atoms with Crippen molar-refractivity contribution in [3.63, 3.8) is 0 Å². The standard InChI is InChI=1S/C10H17N3/c1-5-11-9(8(2)3)10-12-6-7-13(10)4/h6-7,9,11H,2,5H2,1,3-4H3. The number of likely N-dealkylation sites (N-methyl/N-ethyl adjacent to an activating group) is 1. The van der Waals surface area contributed by atoms with Gasteiger partial charge in [-0.15, -0.1) is 0 Å². The minimum Gasteiger partial charge on any atom is -0.336 e. The van der Waals surface area contributed by atoms with Crippen molar-refractivity contribution in [2.24, 2.45) is 7.05 Å². The highest BCUT2D eigenvalue weighted by molar-refractivity contribution is 5.13. The first-order chi connectivity index (χ1) is 6.16. The van der Waals surface area contributed by atoms with Gasteiger partial charge < -0.3 is 9.88 Å². The smallest absolute Gasteiger partial charge is 0.129 e. The predicted molar refractivity (Wildman–Crippen MR) is 54.4 cm³/mol. The Hall–Kier alpha value is -1.09. The van der Waals surface area contributed by atoms with Crippen LogP contribution in [0.4, 0.5) is 0 Å². The highest BCUT2D eigenvalue weighted by Gasteiger charge is 2.14. The quantitative estimate of drug-likeness (QED) is 0.712. The van der Waals surface area contributed by atoms with Crippen molar-refractivity contribution in [1.82, 2.24) is 14.9 Å². The second-order valence-corrected chi connectivity index (χ2v) is 3.23. The van der Waals surface area contributed by atoms with Crippen LogP contribution in [-0.2, 0) is 7.05 Å². The van der Waals surface area contributed by atoms with E-state index < -0.39 is 0 Å². The number of nitrogens with zero attached hydrogens (tertiary/aromatic N) is 2. The number of imidazole rings is 1. The molecule has 1 N–H and O–H groups in total. The third-order valence-electron chi connectivity index (χ3n) is 2.02. The SMILES string of the molecule is C=C(C)C(NCC)c1nccn1C. The summed E-state index contributed by atoms with van der Waals surface area (Å²) >= 11 is 0. The molecule has 3 heteroatoms. The van der Waals surface area contributed by atoms with Crippen LogP contribution in [0.15, 0.2) is 24.5 Å². The summed E-state index contributed by atoms with van der Waals surface area (Å²) in [6, 6.07) is 0.171. The molecule has 13 heavy (non-hydrogen) atoms. The van der Waals surface area contributed by atoms with Gasteiger partial charge >= 0.3 is 0 Å². The number of aromatic nitrogens is 2. The van der Waals surface area contributed by atoms with E-state index in [4.69, 9.17) is 0 Å². The van der Waals surface area contributed by atoms with E-state index >= 15 is 0 Å². The molecule has 0 saturated heterocycles. The van der Waals surface area contributed by atoms with Crippen LogP contribution in [0.2, 0.25) is 0 Å². The van der Waals surface area contributed by atoms with Crippen molar-refractivity contribution >= 4 is 0 Å². The molecule has 0 aliphatic heterocycles. The molecule has 1 unspecified atom stereocenters. The highest BCUT2D eigenvalue weighted by Crippen LogP contribution is 2.16. The van der Waals surface area contributed by atoms with Gasteiger partial charge in [0.2, 0.25) is 0 Å². The van der Waals surface area contributed by atoms with Gasteiger partial charge in [-0.3, -0.25) is 0 Å². The fraction of sp³-hybridized carbons (Fsp3) is 0.500. The Labute approximate surface area is 79.5 Å². The van der Waals surface area contributed by atoms with Gasteiger partial charge in [0.1, 0.15) is 5.82 Å². The molecule has 0 saturated carbocycles. The van der Waals surface area contributed by atoms with Crippen LogP contribution in [0.25, 0.3) is 0 Å². The highest BCUT2D eigenvalue weighted by atomic mass is 15.1. The second kappa shape index (κ2) is 4.23. The fourth-order valence-electron chi connectivity index (χ4n) is 1.35. The van der Waals surface area contributed by atoms with Gasteiger partial charge in [-0.05, 0) is 13.5 Å². The average molecular weight is 179 g/mol. The molecule has 1 aromatic heterocycles. The Morgan fingerprint density at radius 3 is 2.85 bits per heavy atom. The van der Waals surface area contributed by atoms with Crippen molar-refractivity contribution in [2.45, 2.75) is 19.9 Å². The zero-order valence-corrected chi connectivity index (χ0v) is 8.54. The van der Waals surface area contributed by atoms with E-state index in [9.17, 15) is 0 Å². The lowest BCUT2D eigenvalue weighted by molar-refractivity contribution is 0.569. The maximum Gasteiger partial charge on any atom is 0.129 e. The van der Waals surface area contributed by atoms with Crippen LogP contribution in [0.1, 0.15) is 25.7 Å². The van der Waals surface area contributed by atoms with E-state index in [-0.39, 0.29) is 6.04 Å². The Kier molecular flexibility index (Phi) is 3.25. The molecule has 72 valence electrons. The third-order valence-corrected chi connectivity index (χ3v) is 2.02. The number of aryl methyl sites for hydroxylation is 1. The van der Waals surface area contributed by atoms with Crippen molar-refractivity contribution in [3.8, 4) is 0 Å². The molecule has 3 nitrogen and oxygen atoms in total. The summed E-state index contributed by atoms with van der Waals surface area (Å²) in [6.45, 7) is 8.97. The normalized spacial score (nSPS) is 12.8. The summed E-state index contributed by atoms with van der Waals surface area (Å²) in [5, 5.41) is 3.34. The number of rotatable bonds is 4. The van der Waals surface area contributed by atoms with Crippen LogP contribution in [-0.4, -0.2) is 16.1 Å². The molecule has 1 heterocycles. The number of hydrogen-bond acceptors (Lipinski definition) is 2. The van der Waals surface area contributed by atoms with Gasteiger partial charge in [-0.1, -0.05) is 19.1 Å². The van der Waals surface area contributed by atoms with Crippen LogP contribution < -0.4 is 5.32 Å². The average Bonchev–Trinajstić information content (AvgIpc) is 2.47. The molecule has 1 aromatic rings. The van der Waals surface area contributed by atoms with Crippen LogP contribution in [0.5, 0.6) is 0 Å². The van der Waals surface area contributed by atoms with Gasteiger partial charge in [-0.2, -0.15) is 0 Å². The summed E-state index contributed by atoms with van der Waals surface area (Å²) in [6.07, 6.45) is 3.76. The molecule has 0 fully saturated rings. The van der Waals surface area contributed by atoms with Crippen molar-refractivity contribution < 1.29 is 0 Å². The van der Waals surface area contributed by atoms with E-state index in [1.54, 1.807) is 0 Å². The molecule has 0 radical (unpaired) electrons. The van der Waals surface area contributed by atoms with Gasteiger partial charge in [0.25, 0.3) is 0 Å². The largest absolute Gasteiger partial charge is 0.336 e. The number of nitrogens with one attached hydrogen (secondary N) is 1. The summed E-state index contributed by atoms with van der Waals surface area (Å²) in [5.74, 6) is 1.02. The van der Waals surface area contributed by atoms with Crippen LogP contribution >= 0.6 is 0 Å². The Morgan fingerprint density at radius 1 is 1.77 bits per heavy atom. The minimum atomic E-state index is 0.171. The lowest BCUT2D eigenvalue weighted by Gasteiger charge is -2.17. The van der Waals surface area contributed by atoms with Gasteiger partial charge in [0.15, 0.2) is 0 Å². The second-order valence-electron chi connectivity index (χ2n) is 3.23. The van der Waals surface area contributed by atoms with Crippen LogP contribution in [0.3, 0.4) is 0 Å². The van der Waals surface area contributed by atoms with E-state index in [1.165, 1.54) is 0 Å². The number of hydrogen-bond donors (Lipinski definition) is 1. The van der Waals surface area contributed by atoms with Crippen molar-refractivity contribution in [3.05, 3.63) is 30.4 Å². The molecule has 0 aliphatic rings. The van der Waals surface area contributed by atoms with E-state index in [1.807, 2.05) is 30.9 Å². The first kappa shape index (κ1) is 9.99. The maximum absolute atomic E-state index is 4.30. The molecule has 0 spiro atoms. The Morgan fingerprint density at radius 2 is 2.46 bits per heavy atom. The van der Waals surface area contributed by atoms with Crippen molar-refractivity contribution in [1.29, 1.82) is 0 Å². The zero-order chi connectivity index (χ0) is 9.84. The summed E-state index contributed by atoms with van der Waals surface area (Å²) in [7, 11) is 2.00. The molecule has 0 amide bonds. The third kappa shape index (κ3) is 2.18. The maximum atomic E-state index is 4.30. The summed E-state index contributed by atoms with van der Waals surface area (Å²) in [5.41, 5.74) is 1.09. The molecule has 0 bridgehead atoms. The van der Waals surface area contributed by atoms with Gasteiger partial charge in [0, 0.05) is 19.4 Å². The van der Waals surface area contributed by atoms with Gasteiger partial charge in [-0.25, -0.2) is 4.98 Å². The van der Waals surface area contributed by atoms with E-state index in [0.717, 1.165) is 17.9 Å². The lowest BCUT2D eigenvalue weighted by Crippen LogP contribution is -2.24. The Bertz CT molecular complexity index is 288. The molecule has 1 atom stereocenters. The molecule has 0 aromatic carbocycles. The molecule has 0 aliphatic carbocycles. The van der Waals surface area contributed by atoms with Crippen LogP contribution in [0, 0.1) is 0 Å². The zero-order valence-electron chi connectivity index (χ0n) is 8.54. The molecule has 1 rings (SSSR count). The lowest BCUT2D eigenvalue weighted by atomic mass is 10.1. The summed E-state index contributed by atoms with van der Waals surface area (Å²) in [4.78, 5) is 4.30. The summed E-state index contributed by atoms with van der Waals surface area (Å²) < 4.78 is 2.02. The minimum absolute atomic E-state index is 0.171. The van der Waals surface area contributed by atoms with Crippen molar-refractivity contribution in [2.75, 3.05) is 6.54 Å². The first-order valence-electron chi connectivity index (χ1n) is 4.52. The fourth-order valence-corrected chi connectivity index (χ4v) is 1.35. The molecular weight excluding hydrogens is 162 g/mol. The van der Waals surface area contributed by atoms with E-state index in [2.05, 4.69) is 23.8 Å². The van der Waals surface area contributed by atoms with E-state index in [0.29, 0.717) is 0 Å². The predicted octanol–water partition coefficient (Wildman–Crippen LogP) is 1.65. The topological polar surface area (TPSA) is 29.9 Å². The first-order valence-corrected chi connectivity index (χ1v) is 4.52. The monoisotopic (exact) mass is 179 g/mol. The Balaban J connectivity index is 2.88. The molecular formula is C10H17N3. The van der Waals surface area contributed by atoms with Gasteiger partial charge in [0.05, 0.1) is 6.04 Å².